The third-order valence-corrected chi connectivity index (χ3v) is 9.96. The van der Waals surface area contributed by atoms with E-state index in [9.17, 15) is 99.9 Å². The zero-order valence-electron chi connectivity index (χ0n) is 35.8. The molecule has 32 heteroatoms. The molecule has 0 spiro atoms. The third-order valence-electron chi connectivity index (χ3n) is 8.50. The predicted octanol–water partition coefficient (Wildman–Crippen LogP) is 7.88. The molecule has 0 amide bonds. The Kier molecular flexibility index (Phi) is 22.1. The molecule has 0 fully saturated rings. The normalized spacial score (nSPS) is 11.9. The number of halogens is 12. The Morgan fingerprint density at radius 3 is 1.10 bits per heavy atom. The van der Waals surface area contributed by atoms with Crippen LogP contribution >= 0.6 is 0 Å². The Balaban J connectivity index is 0.000000469. The van der Waals surface area contributed by atoms with Crippen LogP contribution in [0.3, 0.4) is 0 Å². The fourth-order valence-electron chi connectivity index (χ4n) is 5.28. The Morgan fingerprint density at radius 1 is 0.529 bits per heavy atom. The van der Waals surface area contributed by atoms with E-state index < -0.39 is 98.8 Å². The topological polar surface area (TPSA) is 298 Å². The van der Waals surface area contributed by atoms with Crippen LogP contribution in [-0.4, -0.2) is 63.8 Å². The van der Waals surface area contributed by atoms with Gasteiger partial charge in [0.15, 0.2) is 0 Å². The number of anilines is 1. The minimum Gasteiger partial charge on any atom is -0.398 e. The van der Waals surface area contributed by atoms with Crippen molar-refractivity contribution >= 4 is 42.8 Å². The molecule has 4 aromatic rings. The molecule has 4 rings (SSSR count). The summed E-state index contributed by atoms with van der Waals surface area (Å²) in [5.41, 5.74) is 5.40. The summed E-state index contributed by atoms with van der Waals surface area (Å²) in [6.07, 6.45) is -16.4. The maximum absolute atomic E-state index is 12.5. The van der Waals surface area contributed by atoms with Crippen molar-refractivity contribution in [3.05, 3.63) is 148 Å². The van der Waals surface area contributed by atoms with Gasteiger partial charge in [0.25, 0.3) is 17.1 Å². The van der Waals surface area contributed by atoms with Gasteiger partial charge < -0.3 is 11.5 Å². The Morgan fingerprint density at radius 2 is 0.814 bits per heavy atom. The lowest BCUT2D eigenvalue weighted by Crippen LogP contribution is -2.24. The van der Waals surface area contributed by atoms with E-state index in [1.165, 1.54) is 6.07 Å². The van der Waals surface area contributed by atoms with Gasteiger partial charge in [0.1, 0.15) is 0 Å². The largest absolute Gasteiger partial charge is 0.416 e. The van der Waals surface area contributed by atoms with Gasteiger partial charge in [-0.25, -0.2) is 26.3 Å². The second-order valence-electron chi connectivity index (χ2n) is 13.9. The zero-order chi connectivity index (χ0) is 54.2. The van der Waals surface area contributed by atoms with Crippen LogP contribution in [0.2, 0.25) is 0 Å². The lowest BCUT2D eigenvalue weighted by molar-refractivity contribution is -0.385. The first-order valence-electron chi connectivity index (χ1n) is 18.8. The number of nitrogens with one attached hydrogen (secondary N) is 2. The van der Waals surface area contributed by atoms with E-state index in [-0.39, 0.29) is 67.7 Å². The highest BCUT2D eigenvalue weighted by Gasteiger charge is 2.35. The Hall–Kier alpha value is -6.69. The molecule has 0 saturated carbocycles. The molecule has 0 atom stereocenters. The average Bonchev–Trinajstić information content (AvgIpc) is 3.20. The van der Waals surface area contributed by atoms with Crippen LogP contribution in [0.15, 0.2) is 72.8 Å². The van der Waals surface area contributed by atoms with Crippen LogP contribution in [0.1, 0.15) is 44.5 Å². The number of hydrogen-bond donors (Lipinski definition) is 4. The van der Waals surface area contributed by atoms with Gasteiger partial charge in [-0.3, -0.25) is 30.3 Å². The van der Waals surface area contributed by atoms with Gasteiger partial charge in [-0.05, 0) is 61.7 Å². The number of nitrogens with zero attached hydrogens (tertiary/aromatic N) is 4. The molecule has 0 heterocycles. The summed E-state index contributed by atoms with van der Waals surface area (Å²) in [5.74, 6) is 0. The standard InChI is InChI=1S/C10H11F3N2O4S.C10H13F3N2O2S.C9H9F3N2O2.C9H5F3N2O2/c1-20(18,19)14-5-4-7-2-3-8(10(11,12)13)6-9(7)15(16)17;1-18(16,17)15-5-4-7-2-3-8(6-9(7)14)10(11,12)13;2*10-9(11,12)7-2-1-6(3-4-13)8(5-7)14(15)16/h2-3,6,14H,4-5H2,1H3;2-3,6,15H,4-5,14H2,1H3;1-2,5H,3-4,13H2;1-2,5H,3H2. The fourth-order valence-corrected chi connectivity index (χ4v) is 6.23. The van der Waals surface area contributed by atoms with Gasteiger partial charge in [0.2, 0.25) is 20.0 Å². The van der Waals surface area contributed by atoms with Gasteiger partial charge in [0.05, 0.1) is 62.0 Å². The number of nitrogens with two attached hydrogens (primary N) is 2. The molecule has 4 aromatic carbocycles. The summed E-state index contributed by atoms with van der Waals surface area (Å²) in [6, 6.07) is 11.4. The summed E-state index contributed by atoms with van der Waals surface area (Å²) in [7, 11) is -6.77. The molecule has 0 saturated heterocycles. The predicted molar refractivity (Wildman–Crippen MR) is 225 cm³/mol. The summed E-state index contributed by atoms with van der Waals surface area (Å²) >= 11 is 0. The van der Waals surface area contributed by atoms with Crippen molar-refractivity contribution in [3.63, 3.8) is 0 Å². The van der Waals surface area contributed by atoms with E-state index in [2.05, 4.69) is 9.44 Å². The molecule has 0 aliphatic heterocycles. The highest BCUT2D eigenvalue weighted by atomic mass is 32.2. The Labute approximate surface area is 388 Å². The molecule has 18 nitrogen and oxygen atoms in total. The average molecular weight is 1060 g/mol. The first-order chi connectivity index (χ1) is 31.8. The van der Waals surface area contributed by atoms with Crippen molar-refractivity contribution < 1.29 is 84.3 Å². The Bertz CT molecular complexity index is 2750. The highest BCUT2D eigenvalue weighted by Crippen LogP contribution is 2.36. The van der Waals surface area contributed by atoms with Crippen LogP contribution in [0.5, 0.6) is 0 Å². The second kappa shape index (κ2) is 25.3. The number of sulfonamides is 2. The summed E-state index contributed by atoms with van der Waals surface area (Å²) in [6.45, 7) is 0.103. The van der Waals surface area contributed by atoms with Crippen molar-refractivity contribution in [2.24, 2.45) is 5.73 Å². The minimum atomic E-state index is -4.67. The van der Waals surface area contributed by atoms with Crippen LogP contribution < -0.4 is 20.9 Å². The van der Waals surface area contributed by atoms with Crippen molar-refractivity contribution in [1.82, 2.24) is 9.44 Å². The SMILES string of the molecule is CS(=O)(=O)NCCc1ccc(C(F)(F)F)cc1N.CS(=O)(=O)NCCc1ccc(C(F)(F)F)cc1[N+](=O)[O-].N#CCc1ccc(C(F)(F)F)cc1[N+](=O)[O-].NCCc1ccc(C(F)(F)F)cc1[N+](=O)[O-]. The van der Waals surface area contributed by atoms with E-state index in [0.29, 0.717) is 23.8 Å². The molecular formula is C38H38F12N8O10S2. The van der Waals surface area contributed by atoms with Gasteiger partial charge in [0, 0.05) is 53.7 Å². The summed E-state index contributed by atoms with van der Waals surface area (Å²) in [5, 5.41) is 40.2. The molecule has 0 unspecified atom stereocenters. The molecule has 70 heavy (non-hydrogen) atoms. The molecular weight excluding hydrogens is 1020 g/mol. The van der Waals surface area contributed by atoms with Crippen LogP contribution in [0, 0.1) is 41.7 Å². The molecule has 0 aliphatic rings. The van der Waals surface area contributed by atoms with Crippen molar-refractivity contribution in [3.8, 4) is 6.07 Å². The number of benzene rings is 4. The van der Waals surface area contributed by atoms with Gasteiger partial charge in [-0.2, -0.15) is 57.9 Å². The molecule has 0 radical (unpaired) electrons. The van der Waals surface area contributed by atoms with Crippen LogP contribution in [0.4, 0.5) is 75.4 Å². The number of rotatable bonds is 14. The van der Waals surface area contributed by atoms with Gasteiger partial charge in [-0.15, -0.1) is 0 Å². The molecule has 0 aromatic heterocycles. The fraction of sp³-hybridized carbons (Fsp3) is 0.342. The van der Waals surface area contributed by atoms with Gasteiger partial charge in [-0.1, -0.05) is 24.3 Å². The van der Waals surface area contributed by atoms with Crippen LogP contribution in [0.25, 0.3) is 0 Å². The monoisotopic (exact) mass is 1060 g/mol. The summed E-state index contributed by atoms with van der Waals surface area (Å²) in [4.78, 5) is 29.2. The van der Waals surface area contributed by atoms with E-state index in [1.807, 2.05) is 0 Å². The molecule has 0 aliphatic carbocycles. The molecule has 0 bridgehead atoms. The van der Waals surface area contributed by atoms with Gasteiger partial charge >= 0.3 is 24.7 Å². The lowest BCUT2D eigenvalue weighted by atomic mass is 10.1. The van der Waals surface area contributed by atoms with Crippen molar-refractivity contribution in [2.75, 3.05) is 37.9 Å². The van der Waals surface area contributed by atoms with Crippen molar-refractivity contribution in [2.45, 2.75) is 50.4 Å². The number of nitro benzene ring substituents is 3. The number of nitrogen functional groups attached to an aromatic ring is 1. The van der Waals surface area contributed by atoms with E-state index in [4.69, 9.17) is 16.7 Å². The van der Waals surface area contributed by atoms with E-state index >= 15 is 0 Å². The quantitative estimate of drug-likeness (QED) is 0.0405. The number of nitriles is 1. The number of nitro groups is 3. The van der Waals surface area contributed by atoms with E-state index in [0.717, 1.165) is 61.0 Å². The first kappa shape index (κ1) is 61.3. The maximum atomic E-state index is 12.5. The smallest absolute Gasteiger partial charge is 0.398 e. The lowest BCUT2D eigenvalue weighted by Gasteiger charge is -2.10. The van der Waals surface area contributed by atoms with E-state index in [1.54, 1.807) is 6.07 Å². The first-order valence-corrected chi connectivity index (χ1v) is 22.6. The highest BCUT2D eigenvalue weighted by molar-refractivity contribution is 7.89. The van der Waals surface area contributed by atoms with Crippen LogP contribution in [-0.2, 0) is 70.4 Å². The second-order valence-corrected chi connectivity index (χ2v) is 17.6. The molecule has 386 valence electrons. The van der Waals surface area contributed by atoms with Crippen molar-refractivity contribution in [1.29, 1.82) is 5.26 Å². The zero-order valence-corrected chi connectivity index (χ0v) is 37.4. The number of alkyl halides is 12. The summed E-state index contributed by atoms with van der Waals surface area (Å²) < 4.78 is 196. The third kappa shape index (κ3) is 21.7. The number of hydrogen-bond acceptors (Lipinski definition) is 13. The maximum Gasteiger partial charge on any atom is 0.416 e. The minimum absolute atomic E-state index is 0.000117. The molecule has 6 N–H and O–H groups in total.